The molecule has 0 aliphatic carbocycles. The number of rotatable bonds is 5. The second-order valence-corrected chi connectivity index (χ2v) is 8.50. The number of hydrogen-bond acceptors (Lipinski definition) is 5. The molecule has 0 unspecified atom stereocenters. The van der Waals surface area contributed by atoms with Crippen LogP contribution >= 0.6 is 0 Å². The number of nitrogens with zero attached hydrogens (tertiary/aromatic N) is 5. The van der Waals surface area contributed by atoms with Gasteiger partial charge in [-0.1, -0.05) is 6.07 Å². The number of carbonyl (C=O) groups is 3. The standard InChI is InChI=1S/C22H28N6O3/c1-22(2)21(31)24-11-14-28(22)20(30)9-8-19(29)27-12-4-6-17(27)16-5-3-7-18(25-16)26-13-10-23-15-26/h3,5,7,10,13,15,17H,4,6,8-9,11-12,14H2,1-2H3,(H,24,31)/t17-/m1/s1. The fraction of sp³-hybridized carbons (Fsp3) is 0.500. The van der Waals surface area contributed by atoms with Crippen LogP contribution in [0.4, 0.5) is 0 Å². The smallest absolute Gasteiger partial charge is 0.245 e. The Labute approximate surface area is 181 Å². The Morgan fingerprint density at radius 3 is 2.77 bits per heavy atom. The molecule has 0 aromatic carbocycles. The van der Waals surface area contributed by atoms with Crippen LogP contribution in [0.5, 0.6) is 0 Å². The zero-order valence-electron chi connectivity index (χ0n) is 18.0. The van der Waals surface area contributed by atoms with Gasteiger partial charge in [0.25, 0.3) is 0 Å². The van der Waals surface area contributed by atoms with Crippen LogP contribution in [0, 0.1) is 0 Å². The van der Waals surface area contributed by atoms with E-state index in [1.807, 2.05) is 33.9 Å². The summed E-state index contributed by atoms with van der Waals surface area (Å²) >= 11 is 0. The van der Waals surface area contributed by atoms with Gasteiger partial charge in [-0.25, -0.2) is 9.97 Å². The summed E-state index contributed by atoms with van der Waals surface area (Å²) < 4.78 is 1.83. The highest BCUT2D eigenvalue weighted by Crippen LogP contribution is 2.32. The molecule has 2 aliphatic heterocycles. The van der Waals surface area contributed by atoms with E-state index in [1.165, 1.54) is 0 Å². The van der Waals surface area contributed by atoms with E-state index in [4.69, 9.17) is 4.98 Å². The van der Waals surface area contributed by atoms with Crippen LogP contribution in [0.1, 0.15) is 51.3 Å². The van der Waals surface area contributed by atoms with Crippen molar-refractivity contribution in [3.63, 3.8) is 0 Å². The van der Waals surface area contributed by atoms with Gasteiger partial charge in [-0.15, -0.1) is 0 Å². The van der Waals surface area contributed by atoms with E-state index in [9.17, 15) is 14.4 Å². The van der Waals surface area contributed by atoms with Gasteiger partial charge in [0.2, 0.25) is 17.7 Å². The maximum atomic E-state index is 13.0. The van der Waals surface area contributed by atoms with E-state index in [-0.39, 0.29) is 36.6 Å². The van der Waals surface area contributed by atoms with Gasteiger partial charge < -0.3 is 15.1 Å². The van der Waals surface area contributed by atoms with E-state index in [0.29, 0.717) is 19.6 Å². The van der Waals surface area contributed by atoms with Crippen LogP contribution in [0.15, 0.2) is 36.9 Å². The minimum Gasteiger partial charge on any atom is -0.352 e. The Bertz CT molecular complexity index is 971. The van der Waals surface area contributed by atoms with E-state index >= 15 is 0 Å². The Morgan fingerprint density at radius 2 is 2.00 bits per heavy atom. The number of imidazole rings is 1. The molecule has 3 amide bonds. The van der Waals surface area contributed by atoms with Gasteiger partial charge in [-0.3, -0.25) is 19.0 Å². The third kappa shape index (κ3) is 4.17. The summed E-state index contributed by atoms with van der Waals surface area (Å²) in [7, 11) is 0. The van der Waals surface area contributed by atoms with Crippen molar-refractivity contribution in [2.75, 3.05) is 19.6 Å². The van der Waals surface area contributed by atoms with E-state index < -0.39 is 5.54 Å². The summed E-state index contributed by atoms with van der Waals surface area (Å²) in [5, 5.41) is 2.78. The van der Waals surface area contributed by atoms with Gasteiger partial charge in [0.15, 0.2) is 0 Å². The molecule has 2 fully saturated rings. The number of carbonyl (C=O) groups excluding carboxylic acids is 3. The first-order chi connectivity index (χ1) is 14.9. The lowest BCUT2D eigenvalue weighted by Crippen LogP contribution is -2.63. The topological polar surface area (TPSA) is 100 Å². The number of piperazine rings is 1. The highest BCUT2D eigenvalue weighted by Gasteiger charge is 2.40. The predicted octanol–water partition coefficient (Wildman–Crippen LogP) is 1.45. The Morgan fingerprint density at radius 1 is 1.19 bits per heavy atom. The van der Waals surface area contributed by atoms with Crippen molar-refractivity contribution < 1.29 is 14.4 Å². The second kappa shape index (κ2) is 8.49. The van der Waals surface area contributed by atoms with Crippen LogP contribution in [-0.4, -0.2) is 67.2 Å². The summed E-state index contributed by atoms with van der Waals surface area (Å²) in [6.07, 6.45) is 7.20. The minimum absolute atomic E-state index is 0.0510. The normalized spacial score (nSPS) is 20.6. The number of aromatic nitrogens is 3. The number of pyridine rings is 1. The third-order valence-corrected chi connectivity index (χ3v) is 6.14. The molecule has 2 aromatic heterocycles. The third-order valence-electron chi connectivity index (χ3n) is 6.14. The molecule has 2 aromatic rings. The number of hydrogen-bond donors (Lipinski definition) is 1. The number of amides is 3. The maximum Gasteiger partial charge on any atom is 0.245 e. The maximum absolute atomic E-state index is 13.0. The summed E-state index contributed by atoms with van der Waals surface area (Å²) in [4.78, 5) is 50.1. The molecule has 1 N–H and O–H groups in total. The van der Waals surface area contributed by atoms with Crippen molar-refractivity contribution in [2.24, 2.45) is 0 Å². The molecular formula is C22H28N6O3. The van der Waals surface area contributed by atoms with Crippen LogP contribution in [-0.2, 0) is 14.4 Å². The quantitative estimate of drug-likeness (QED) is 0.783. The Hall–Kier alpha value is -3.23. The van der Waals surface area contributed by atoms with Gasteiger partial charge in [-0.2, -0.15) is 0 Å². The monoisotopic (exact) mass is 424 g/mol. The van der Waals surface area contributed by atoms with Gasteiger partial charge in [0.05, 0.1) is 11.7 Å². The van der Waals surface area contributed by atoms with Crippen LogP contribution in [0.2, 0.25) is 0 Å². The van der Waals surface area contributed by atoms with Gasteiger partial charge in [0.1, 0.15) is 17.7 Å². The molecule has 2 aliphatic rings. The summed E-state index contributed by atoms with van der Waals surface area (Å²) in [6.45, 7) is 5.03. The van der Waals surface area contributed by atoms with Crippen molar-refractivity contribution in [3.8, 4) is 5.82 Å². The van der Waals surface area contributed by atoms with Crippen molar-refractivity contribution in [1.29, 1.82) is 0 Å². The molecule has 4 rings (SSSR count). The molecule has 0 bridgehead atoms. The molecule has 31 heavy (non-hydrogen) atoms. The van der Waals surface area contributed by atoms with E-state index in [0.717, 1.165) is 24.4 Å². The largest absolute Gasteiger partial charge is 0.352 e. The average molecular weight is 425 g/mol. The van der Waals surface area contributed by atoms with E-state index in [1.54, 1.807) is 31.3 Å². The minimum atomic E-state index is -0.897. The summed E-state index contributed by atoms with van der Waals surface area (Å²) in [6, 6.07) is 5.69. The number of nitrogens with one attached hydrogen (secondary N) is 1. The SMILES string of the molecule is CC1(C)C(=O)NCCN1C(=O)CCC(=O)N1CCC[C@@H]1c1cccc(-n2ccnc2)n1. The molecule has 9 heteroatoms. The molecule has 164 valence electrons. The predicted molar refractivity (Wildman–Crippen MR) is 113 cm³/mol. The Balaban J connectivity index is 1.41. The molecule has 2 saturated heterocycles. The van der Waals surface area contributed by atoms with Crippen molar-refractivity contribution >= 4 is 17.7 Å². The first kappa shape index (κ1) is 21.0. The summed E-state index contributed by atoms with van der Waals surface area (Å²) in [5.41, 5.74) is -0.0519. The second-order valence-electron chi connectivity index (χ2n) is 8.50. The van der Waals surface area contributed by atoms with Crippen LogP contribution in [0.25, 0.3) is 5.82 Å². The lowest BCUT2D eigenvalue weighted by Gasteiger charge is -2.41. The van der Waals surface area contributed by atoms with Gasteiger partial charge in [-0.05, 0) is 38.8 Å². The highest BCUT2D eigenvalue weighted by atomic mass is 16.2. The lowest BCUT2D eigenvalue weighted by atomic mass is 9.98. The zero-order valence-corrected chi connectivity index (χ0v) is 18.0. The molecule has 0 saturated carbocycles. The van der Waals surface area contributed by atoms with Crippen molar-refractivity contribution in [3.05, 3.63) is 42.6 Å². The average Bonchev–Trinajstić information content (AvgIpc) is 3.46. The fourth-order valence-corrected chi connectivity index (χ4v) is 4.36. The first-order valence-corrected chi connectivity index (χ1v) is 10.7. The van der Waals surface area contributed by atoms with Gasteiger partial charge >= 0.3 is 0 Å². The van der Waals surface area contributed by atoms with E-state index in [2.05, 4.69) is 10.3 Å². The first-order valence-electron chi connectivity index (χ1n) is 10.7. The van der Waals surface area contributed by atoms with Crippen LogP contribution in [0.3, 0.4) is 0 Å². The molecule has 0 spiro atoms. The molecule has 0 radical (unpaired) electrons. The zero-order chi connectivity index (χ0) is 22.0. The van der Waals surface area contributed by atoms with Crippen LogP contribution < -0.4 is 5.32 Å². The highest BCUT2D eigenvalue weighted by molar-refractivity contribution is 5.93. The fourth-order valence-electron chi connectivity index (χ4n) is 4.36. The molecule has 1 atom stereocenters. The Kier molecular flexibility index (Phi) is 5.75. The van der Waals surface area contributed by atoms with Crippen molar-refractivity contribution in [1.82, 2.24) is 29.7 Å². The number of likely N-dealkylation sites (tertiary alicyclic amines) is 1. The molecular weight excluding hydrogens is 396 g/mol. The molecule has 9 nitrogen and oxygen atoms in total. The summed E-state index contributed by atoms with van der Waals surface area (Å²) in [5.74, 6) is 0.381. The van der Waals surface area contributed by atoms with Crippen molar-refractivity contribution in [2.45, 2.75) is 51.1 Å². The molecule has 4 heterocycles. The lowest BCUT2D eigenvalue weighted by molar-refractivity contribution is -0.150. The van der Waals surface area contributed by atoms with Gasteiger partial charge in [0, 0.05) is 44.9 Å².